The number of fused-ring (bicyclic) bond motifs is 3. The maximum atomic E-state index is 12.1. The molecule has 2 heterocycles. The van der Waals surface area contributed by atoms with Crippen LogP contribution < -0.4 is 10.3 Å². The van der Waals surface area contributed by atoms with E-state index in [1.807, 2.05) is 48.7 Å². The van der Waals surface area contributed by atoms with E-state index < -0.39 is 0 Å². The minimum absolute atomic E-state index is 0.0997. The third-order valence-corrected chi connectivity index (χ3v) is 4.51. The van der Waals surface area contributed by atoms with Gasteiger partial charge in [-0.15, -0.1) is 0 Å². The zero-order chi connectivity index (χ0) is 17.2. The summed E-state index contributed by atoms with van der Waals surface area (Å²) >= 11 is 0. The number of nitrogens with zero attached hydrogens (tertiary/aromatic N) is 1. The van der Waals surface area contributed by atoms with Crippen molar-refractivity contribution in [3.05, 3.63) is 82.3 Å². The lowest BCUT2D eigenvalue weighted by atomic mass is 10.0. The number of hydrogen-bond donors (Lipinski definition) is 1. The van der Waals surface area contributed by atoms with Crippen molar-refractivity contribution in [3.8, 4) is 5.75 Å². The number of H-pyrrole nitrogens is 1. The number of nitrogens with one attached hydrogen (secondary N) is 1. The monoisotopic (exact) mass is 330 g/mol. The van der Waals surface area contributed by atoms with Gasteiger partial charge in [0.2, 0.25) is 0 Å². The first kappa shape index (κ1) is 15.4. The maximum absolute atomic E-state index is 12.1. The number of pyridine rings is 2. The van der Waals surface area contributed by atoms with Crippen molar-refractivity contribution in [1.82, 2.24) is 9.97 Å². The summed E-state index contributed by atoms with van der Waals surface area (Å²) in [7, 11) is 1.69. The zero-order valence-corrected chi connectivity index (χ0v) is 14.0. The van der Waals surface area contributed by atoms with Crippen molar-refractivity contribution in [1.29, 1.82) is 0 Å². The van der Waals surface area contributed by atoms with Crippen LogP contribution in [0.15, 0.2) is 65.6 Å². The van der Waals surface area contributed by atoms with Crippen molar-refractivity contribution < 1.29 is 4.74 Å². The van der Waals surface area contributed by atoms with Crippen molar-refractivity contribution in [2.24, 2.45) is 0 Å². The molecule has 0 saturated carbocycles. The van der Waals surface area contributed by atoms with Gasteiger partial charge in [0.1, 0.15) is 11.4 Å². The Labute approximate surface area is 145 Å². The van der Waals surface area contributed by atoms with E-state index in [4.69, 9.17) is 4.74 Å². The highest BCUT2D eigenvalue weighted by Crippen LogP contribution is 2.23. The molecule has 4 rings (SSSR count). The summed E-state index contributed by atoms with van der Waals surface area (Å²) in [6.45, 7) is 0. The summed E-state index contributed by atoms with van der Waals surface area (Å²) in [6.07, 6.45) is 3.57. The lowest BCUT2D eigenvalue weighted by Crippen LogP contribution is -2.07. The molecule has 4 aromatic rings. The lowest BCUT2D eigenvalue weighted by molar-refractivity contribution is 0.409. The molecule has 0 atom stereocenters. The van der Waals surface area contributed by atoms with Gasteiger partial charge < -0.3 is 9.72 Å². The summed E-state index contributed by atoms with van der Waals surface area (Å²) in [5, 5.41) is 2.61. The van der Waals surface area contributed by atoms with Crippen LogP contribution in [-0.2, 0) is 12.8 Å². The number of aromatic nitrogens is 2. The zero-order valence-electron chi connectivity index (χ0n) is 14.0. The molecule has 1 N–H and O–H groups in total. The lowest BCUT2D eigenvalue weighted by Gasteiger charge is -2.09. The fourth-order valence-corrected chi connectivity index (χ4v) is 3.23. The smallest absolute Gasteiger partial charge is 0.257 e. The van der Waals surface area contributed by atoms with E-state index in [1.165, 1.54) is 5.56 Å². The van der Waals surface area contributed by atoms with Crippen molar-refractivity contribution in [3.63, 3.8) is 0 Å². The topological polar surface area (TPSA) is 55.0 Å². The highest BCUT2D eigenvalue weighted by atomic mass is 16.5. The fourth-order valence-electron chi connectivity index (χ4n) is 3.23. The molecule has 4 heteroatoms. The number of rotatable bonds is 4. The molecule has 0 spiro atoms. The van der Waals surface area contributed by atoms with Gasteiger partial charge in [-0.05, 0) is 47.6 Å². The molecule has 0 aliphatic carbocycles. The molecule has 2 aromatic heterocycles. The standard InChI is InChI=1S/C21H18N2O2/c1-25-19-9-5-2-6-15(19)11-10-14-12-18-16-7-3-4-8-17(16)21(24)23-20(18)22-13-14/h2-9,12-13H,10-11H2,1H3,(H,22,23,24). The molecule has 0 bridgehead atoms. The second kappa shape index (κ2) is 6.40. The van der Waals surface area contributed by atoms with Crippen molar-refractivity contribution in [2.45, 2.75) is 12.8 Å². The first-order chi connectivity index (χ1) is 12.3. The van der Waals surface area contributed by atoms with Crippen molar-refractivity contribution >= 4 is 21.8 Å². The molecule has 0 aliphatic rings. The van der Waals surface area contributed by atoms with Crippen LogP contribution in [-0.4, -0.2) is 17.1 Å². The molecular formula is C21H18N2O2. The predicted octanol–water partition coefficient (Wildman–Crippen LogP) is 3.87. The van der Waals surface area contributed by atoms with E-state index in [9.17, 15) is 4.79 Å². The summed E-state index contributed by atoms with van der Waals surface area (Å²) in [6, 6.07) is 17.8. The first-order valence-electron chi connectivity index (χ1n) is 8.28. The van der Waals surface area contributed by atoms with E-state index in [-0.39, 0.29) is 5.56 Å². The van der Waals surface area contributed by atoms with E-state index >= 15 is 0 Å². The van der Waals surface area contributed by atoms with E-state index in [0.29, 0.717) is 11.0 Å². The largest absolute Gasteiger partial charge is 0.496 e. The molecule has 0 fully saturated rings. The van der Waals surface area contributed by atoms with Crippen LogP contribution in [0.2, 0.25) is 0 Å². The number of benzene rings is 2. The molecule has 2 aromatic carbocycles. The SMILES string of the molecule is COc1ccccc1CCc1cnc2[nH]c(=O)c3ccccc3c2c1. The van der Waals surface area contributed by atoms with Gasteiger partial charge >= 0.3 is 0 Å². The minimum atomic E-state index is -0.0997. The molecule has 0 aliphatic heterocycles. The number of ether oxygens (including phenoxy) is 1. The summed E-state index contributed by atoms with van der Waals surface area (Å²) in [5.74, 6) is 0.908. The van der Waals surface area contributed by atoms with Crippen LogP contribution in [0.3, 0.4) is 0 Å². The molecule has 0 unspecified atom stereocenters. The number of aromatic amines is 1. The second-order valence-electron chi connectivity index (χ2n) is 6.05. The predicted molar refractivity (Wildman–Crippen MR) is 100 cm³/mol. The molecule has 25 heavy (non-hydrogen) atoms. The Morgan fingerprint density at radius 1 is 0.960 bits per heavy atom. The first-order valence-corrected chi connectivity index (χ1v) is 8.28. The third kappa shape index (κ3) is 2.87. The summed E-state index contributed by atoms with van der Waals surface area (Å²) < 4.78 is 5.42. The molecule has 4 nitrogen and oxygen atoms in total. The number of methoxy groups -OCH3 is 1. The van der Waals surface area contributed by atoms with Gasteiger partial charge in [-0.2, -0.15) is 0 Å². The van der Waals surface area contributed by atoms with Gasteiger partial charge in [0.25, 0.3) is 5.56 Å². The minimum Gasteiger partial charge on any atom is -0.496 e. The molecular weight excluding hydrogens is 312 g/mol. The fraction of sp³-hybridized carbons (Fsp3) is 0.143. The second-order valence-corrected chi connectivity index (χ2v) is 6.05. The van der Waals surface area contributed by atoms with Gasteiger partial charge in [-0.1, -0.05) is 36.4 Å². The highest BCUT2D eigenvalue weighted by molar-refractivity contribution is 6.04. The number of aryl methyl sites for hydroxylation is 2. The Bertz CT molecular complexity index is 1120. The molecule has 0 amide bonds. The number of hydrogen-bond acceptors (Lipinski definition) is 3. The van der Waals surface area contributed by atoms with Crippen LogP contribution in [0, 0.1) is 0 Å². The van der Waals surface area contributed by atoms with E-state index in [0.717, 1.165) is 34.9 Å². The quantitative estimate of drug-likeness (QED) is 0.578. The van der Waals surface area contributed by atoms with E-state index in [2.05, 4.69) is 22.1 Å². The van der Waals surface area contributed by atoms with Crippen LogP contribution in [0.4, 0.5) is 0 Å². The molecule has 124 valence electrons. The van der Waals surface area contributed by atoms with Crippen LogP contribution in [0.25, 0.3) is 21.8 Å². The highest BCUT2D eigenvalue weighted by Gasteiger charge is 2.08. The van der Waals surface area contributed by atoms with Crippen molar-refractivity contribution in [2.75, 3.05) is 7.11 Å². The van der Waals surface area contributed by atoms with Gasteiger partial charge in [0.05, 0.1) is 7.11 Å². The van der Waals surface area contributed by atoms with Gasteiger partial charge in [-0.25, -0.2) is 4.98 Å². The average molecular weight is 330 g/mol. The van der Waals surface area contributed by atoms with Crippen LogP contribution >= 0.6 is 0 Å². The summed E-state index contributed by atoms with van der Waals surface area (Å²) in [4.78, 5) is 19.5. The Balaban J connectivity index is 1.73. The number of para-hydroxylation sites is 1. The Hall–Kier alpha value is -3.14. The normalized spacial score (nSPS) is 11.1. The average Bonchev–Trinajstić information content (AvgIpc) is 2.67. The summed E-state index contributed by atoms with van der Waals surface area (Å²) in [5.41, 5.74) is 2.84. The van der Waals surface area contributed by atoms with Crippen LogP contribution in [0.5, 0.6) is 5.75 Å². The Kier molecular flexibility index (Phi) is 3.94. The van der Waals surface area contributed by atoms with Gasteiger partial charge in [0, 0.05) is 17.0 Å². The van der Waals surface area contributed by atoms with E-state index in [1.54, 1.807) is 7.11 Å². The van der Waals surface area contributed by atoms with Gasteiger partial charge in [-0.3, -0.25) is 4.79 Å². The Morgan fingerprint density at radius 3 is 2.56 bits per heavy atom. The molecule has 0 saturated heterocycles. The molecule has 0 radical (unpaired) electrons. The maximum Gasteiger partial charge on any atom is 0.257 e. The Morgan fingerprint density at radius 2 is 1.72 bits per heavy atom. The third-order valence-electron chi connectivity index (χ3n) is 4.51. The van der Waals surface area contributed by atoms with Gasteiger partial charge in [0.15, 0.2) is 0 Å². The van der Waals surface area contributed by atoms with Crippen LogP contribution in [0.1, 0.15) is 11.1 Å².